The van der Waals surface area contributed by atoms with Gasteiger partial charge in [0.1, 0.15) is 11.6 Å². The number of rotatable bonds is 10. The van der Waals surface area contributed by atoms with Gasteiger partial charge in [0.25, 0.3) is 0 Å². The predicted molar refractivity (Wildman–Crippen MR) is 141 cm³/mol. The lowest BCUT2D eigenvalue weighted by molar-refractivity contribution is 0.294. The van der Waals surface area contributed by atoms with Crippen LogP contribution >= 0.6 is 11.6 Å². The third kappa shape index (κ3) is 5.43. The van der Waals surface area contributed by atoms with Crippen molar-refractivity contribution in [2.24, 2.45) is 0 Å². The molecule has 0 saturated heterocycles. The zero-order chi connectivity index (χ0) is 24.1. The Morgan fingerprint density at radius 2 is 1.74 bits per heavy atom. The molecule has 1 atom stereocenters. The molecule has 1 heterocycles. The number of nitrogens with one attached hydrogen (secondary N) is 1. The number of halogens is 2. The molecule has 0 aliphatic carbocycles. The first-order chi connectivity index (χ1) is 16.5. The number of fused-ring (bicyclic) bond motifs is 2. The van der Waals surface area contributed by atoms with Crippen molar-refractivity contribution in [3.05, 3.63) is 77.1 Å². The van der Waals surface area contributed by atoms with Crippen molar-refractivity contribution in [3.63, 3.8) is 0 Å². The van der Waals surface area contributed by atoms with Crippen molar-refractivity contribution in [2.45, 2.75) is 32.7 Å². The fourth-order valence-corrected chi connectivity index (χ4v) is 4.60. The van der Waals surface area contributed by atoms with Crippen molar-refractivity contribution < 1.29 is 9.13 Å². The number of pyridine rings is 1. The topological polar surface area (TPSA) is 37.4 Å². The molecule has 0 unspecified atom stereocenters. The second-order valence-corrected chi connectivity index (χ2v) is 8.89. The molecule has 34 heavy (non-hydrogen) atoms. The Kier molecular flexibility index (Phi) is 7.86. The summed E-state index contributed by atoms with van der Waals surface area (Å²) in [5.41, 5.74) is 3.72. The van der Waals surface area contributed by atoms with Crippen LogP contribution in [0.15, 0.2) is 60.7 Å². The van der Waals surface area contributed by atoms with E-state index in [9.17, 15) is 4.39 Å². The van der Waals surface area contributed by atoms with Gasteiger partial charge in [-0.1, -0.05) is 37.6 Å². The van der Waals surface area contributed by atoms with Crippen LogP contribution in [0.2, 0.25) is 5.02 Å². The molecule has 0 saturated carbocycles. The average Bonchev–Trinajstić information content (AvgIpc) is 2.85. The maximum absolute atomic E-state index is 13.7. The van der Waals surface area contributed by atoms with Crippen molar-refractivity contribution in [1.82, 2.24) is 9.88 Å². The summed E-state index contributed by atoms with van der Waals surface area (Å²) in [5, 5.41) is 6.41. The number of nitrogens with zero attached hydrogens (tertiary/aromatic N) is 2. The molecule has 1 N–H and O–H groups in total. The lowest BCUT2D eigenvalue weighted by atomic mass is 9.99. The third-order valence-electron chi connectivity index (χ3n) is 6.40. The monoisotopic (exact) mass is 479 g/mol. The first kappa shape index (κ1) is 24.2. The van der Waals surface area contributed by atoms with Crippen LogP contribution in [0.3, 0.4) is 0 Å². The molecule has 0 bridgehead atoms. The molecular weight excluding hydrogens is 449 g/mol. The van der Waals surface area contributed by atoms with Gasteiger partial charge in [0.15, 0.2) is 0 Å². The Morgan fingerprint density at radius 3 is 2.44 bits per heavy atom. The highest BCUT2D eigenvalue weighted by molar-refractivity contribution is 6.31. The summed E-state index contributed by atoms with van der Waals surface area (Å²) in [6.07, 6.45) is 1.93. The molecule has 0 aliphatic heterocycles. The summed E-state index contributed by atoms with van der Waals surface area (Å²) in [4.78, 5) is 7.26. The van der Waals surface area contributed by atoms with Gasteiger partial charge in [-0.15, -0.1) is 0 Å². The van der Waals surface area contributed by atoms with Crippen LogP contribution in [0.5, 0.6) is 5.75 Å². The SMILES string of the molecule is CCN(CC)CCC[C@@H](Nc1c2ccc(Cl)cc2nc2ccc(OC)cc12)c1ccc(F)cc1. The number of hydrogen-bond donors (Lipinski definition) is 1. The highest BCUT2D eigenvalue weighted by Crippen LogP contribution is 2.37. The summed E-state index contributed by atoms with van der Waals surface area (Å²) in [6.45, 7) is 7.46. The largest absolute Gasteiger partial charge is 0.497 e. The van der Waals surface area contributed by atoms with Crippen LogP contribution in [0, 0.1) is 5.82 Å². The molecule has 0 radical (unpaired) electrons. The van der Waals surface area contributed by atoms with Gasteiger partial charge < -0.3 is 15.0 Å². The highest BCUT2D eigenvalue weighted by Gasteiger charge is 2.17. The van der Waals surface area contributed by atoms with E-state index >= 15 is 0 Å². The lowest BCUT2D eigenvalue weighted by Crippen LogP contribution is -2.25. The maximum Gasteiger partial charge on any atom is 0.123 e. The Balaban J connectivity index is 1.78. The standard InChI is InChI=1S/C28H31ClFN3O/c1-4-33(5-2)16-6-7-25(19-8-11-21(30)12-9-19)32-28-23-14-10-20(29)17-27(23)31-26-15-13-22(34-3)18-24(26)28/h8-15,17-18,25H,4-7,16H2,1-3H3,(H,31,32)/t25-/m1/s1. The Morgan fingerprint density at radius 1 is 0.971 bits per heavy atom. The first-order valence-corrected chi connectivity index (χ1v) is 12.2. The van der Waals surface area contributed by atoms with Crippen LogP contribution in [-0.4, -0.2) is 36.6 Å². The zero-order valence-electron chi connectivity index (χ0n) is 19.9. The van der Waals surface area contributed by atoms with E-state index in [-0.39, 0.29) is 11.9 Å². The van der Waals surface area contributed by atoms with Gasteiger partial charge in [0.2, 0.25) is 0 Å². The summed E-state index contributed by atoms with van der Waals surface area (Å²) >= 11 is 6.29. The van der Waals surface area contributed by atoms with Gasteiger partial charge in [-0.25, -0.2) is 9.37 Å². The molecule has 4 nitrogen and oxygen atoms in total. The summed E-state index contributed by atoms with van der Waals surface area (Å²) in [5.74, 6) is 0.537. The number of ether oxygens (including phenoxy) is 1. The van der Waals surface area contributed by atoms with Crippen molar-refractivity contribution in [2.75, 3.05) is 32.1 Å². The predicted octanol–water partition coefficient (Wildman–Crippen LogP) is 7.46. The molecule has 4 aromatic rings. The highest BCUT2D eigenvalue weighted by atomic mass is 35.5. The van der Waals surface area contributed by atoms with Gasteiger partial charge in [0.05, 0.1) is 29.9 Å². The van der Waals surface area contributed by atoms with E-state index in [0.717, 1.165) is 71.3 Å². The average molecular weight is 480 g/mol. The quantitative estimate of drug-likeness (QED) is 0.239. The Labute approximate surface area is 205 Å². The minimum Gasteiger partial charge on any atom is -0.497 e. The first-order valence-electron chi connectivity index (χ1n) is 11.8. The normalized spacial score (nSPS) is 12.4. The third-order valence-corrected chi connectivity index (χ3v) is 6.63. The summed E-state index contributed by atoms with van der Waals surface area (Å²) < 4.78 is 19.2. The second-order valence-electron chi connectivity index (χ2n) is 8.45. The molecule has 4 rings (SSSR count). The smallest absolute Gasteiger partial charge is 0.123 e. The van der Waals surface area contributed by atoms with Crippen LogP contribution < -0.4 is 10.1 Å². The number of aromatic nitrogens is 1. The van der Waals surface area contributed by atoms with Gasteiger partial charge >= 0.3 is 0 Å². The molecule has 0 fully saturated rings. The van der Waals surface area contributed by atoms with E-state index in [4.69, 9.17) is 21.3 Å². The molecule has 1 aromatic heterocycles. The molecule has 0 spiro atoms. The van der Waals surface area contributed by atoms with E-state index in [1.807, 2.05) is 48.5 Å². The minimum absolute atomic E-state index is 0.00633. The van der Waals surface area contributed by atoms with Crippen LogP contribution in [0.25, 0.3) is 21.8 Å². The molecular formula is C28H31ClFN3O. The van der Waals surface area contributed by atoms with E-state index in [2.05, 4.69) is 24.1 Å². The van der Waals surface area contributed by atoms with Gasteiger partial charge in [-0.3, -0.25) is 0 Å². The van der Waals surface area contributed by atoms with E-state index in [1.165, 1.54) is 12.1 Å². The molecule has 3 aromatic carbocycles. The number of benzene rings is 3. The maximum atomic E-state index is 13.7. The molecule has 6 heteroatoms. The summed E-state index contributed by atoms with van der Waals surface area (Å²) in [7, 11) is 1.66. The van der Waals surface area contributed by atoms with Crippen LogP contribution in [0.4, 0.5) is 10.1 Å². The fraction of sp³-hybridized carbons (Fsp3) is 0.321. The number of hydrogen-bond acceptors (Lipinski definition) is 4. The molecule has 0 amide bonds. The fourth-order valence-electron chi connectivity index (χ4n) is 4.43. The van der Waals surface area contributed by atoms with Crippen LogP contribution in [0.1, 0.15) is 38.3 Å². The lowest BCUT2D eigenvalue weighted by Gasteiger charge is -2.25. The van der Waals surface area contributed by atoms with E-state index in [0.29, 0.717) is 5.02 Å². The Hall–Kier alpha value is -2.89. The van der Waals surface area contributed by atoms with E-state index < -0.39 is 0 Å². The van der Waals surface area contributed by atoms with Crippen molar-refractivity contribution >= 4 is 39.1 Å². The number of anilines is 1. The van der Waals surface area contributed by atoms with Crippen molar-refractivity contribution in [3.8, 4) is 5.75 Å². The summed E-state index contributed by atoms with van der Waals surface area (Å²) in [6, 6.07) is 18.5. The minimum atomic E-state index is -0.232. The molecule has 0 aliphatic rings. The van der Waals surface area contributed by atoms with Crippen LogP contribution in [-0.2, 0) is 0 Å². The Bertz CT molecular complexity index is 1260. The number of methoxy groups -OCH3 is 1. The van der Waals surface area contributed by atoms with E-state index in [1.54, 1.807) is 7.11 Å². The zero-order valence-corrected chi connectivity index (χ0v) is 20.7. The molecule has 178 valence electrons. The van der Waals surface area contributed by atoms with Gasteiger partial charge in [-0.05, 0) is 86.6 Å². The second kappa shape index (κ2) is 11.0. The van der Waals surface area contributed by atoms with Gasteiger partial charge in [-0.2, -0.15) is 0 Å². The van der Waals surface area contributed by atoms with Crippen molar-refractivity contribution in [1.29, 1.82) is 0 Å². The van der Waals surface area contributed by atoms with Gasteiger partial charge in [0, 0.05) is 15.8 Å².